The smallest absolute Gasteiger partial charge is 0.246 e. The normalized spacial score (nSPS) is 19.0. The van der Waals surface area contributed by atoms with Crippen molar-refractivity contribution in [2.24, 2.45) is 0 Å². The number of hydrogen-bond donors (Lipinski definition) is 2. The molecule has 1 aliphatic rings. The van der Waals surface area contributed by atoms with Gasteiger partial charge in [0, 0.05) is 17.7 Å². The molecule has 20 heavy (non-hydrogen) atoms. The summed E-state index contributed by atoms with van der Waals surface area (Å²) in [5.41, 5.74) is -0.780. The van der Waals surface area contributed by atoms with Crippen LogP contribution in [0.4, 0.5) is 13.2 Å². The van der Waals surface area contributed by atoms with Gasteiger partial charge in [-0.15, -0.1) is 0 Å². The first-order valence-corrected chi connectivity index (χ1v) is 7.61. The summed E-state index contributed by atoms with van der Waals surface area (Å²) in [6.45, 7) is 2.88. The Hall–Kier alpha value is -1.12. The van der Waals surface area contributed by atoms with E-state index in [2.05, 4.69) is 10.0 Å². The molecule has 0 aromatic heterocycles. The number of sulfonamides is 1. The Labute approximate surface area is 115 Å². The third-order valence-corrected chi connectivity index (χ3v) is 5.01. The Morgan fingerprint density at radius 3 is 2.15 bits per heavy atom. The maximum Gasteiger partial charge on any atom is 0.246 e. The average Bonchev–Trinajstić information content (AvgIpc) is 2.25. The van der Waals surface area contributed by atoms with Gasteiger partial charge in [0.2, 0.25) is 10.0 Å². The molecule has 1 aliphatic heterocycles. The molecule has 112 valence electrons. The summed E-state index contributed by atoms with van der Waals surface area (Å²) < 4.78 is 66.5. The minimum atomic E-state index is -4.39. The van der Waals surface area contributed by atoms with Crippen molar-refractivity contribution in [1.29, 1.82) is 0 Å². The molecule has 0 spiro atoms. The van der Waals surface area contributed by atoms with E-state index in [4.69, 9.17) is 0 Å². The molecule has 0 radical (unpaired) electrons. The molecule has 4 nitrogen and oxygen atoms in total. The highest BCUT2D eigenvalue weighted by Crippen LogP contribution is 2.25. The monoisotopic (exact) mass is 308 g/mol. The van der Waals surface area contributed by atoms with E-state index in [9.17, 15) is 21.6 Å². The largest absolute Gasteiger partial charge is 0.317 e. The van der Waals surface area contributed by atoms with Gasteiger partial charge in [0.15, 0.2) is 4.90 Å². The number of hydrogen-bond acceptors (Lipinski definition) is 3. The molecule has 8 heteroatoms. The van der Waals surface area contributed by atoms with Crippen molar-refractivity contribution in [3.8, 4) is 0 Å². The van der Waals surface area contributed by atoms with Crippen LogP contribution >= 0.6 is 0 Å². The number of piperidine rings is 1. The summed E-state index contributed by atoms with van der Waals surface area (Å²) in [5, 5.41) is 3.06. The van der Waals surface area contributed by atoms with Crippen molar-refractivity contribution in [1.82, 2.24) is 10.0 Å². The van der Waals surface area contributed by atoms with Gasteiger partial charge in [0.1, 0.15) is 17.5 Å². The predicted molar refractivity (Wildman–Crippen MR) is 67.1 cm³/mol. The molecule has 1 aromatic rings. The van der Waals surface area contributed by atoms with E-state index in [1.807, 2.05) is 0 Å². The summed E-state index contributed by atoms with van der Waals surface area (Å²) in [4.78, 5) is -1.14. The molecule has 1 heterocycles. The van der Waals surface area contributed by atoms with Gasteiger partial charge in [-0.2, -0.15) is 0 Å². The Morgan fingerprint density at radius 1 is 1.15 bits per heavy atom. The zero-order valence-corrected chi connectivity index (χ0v) is 11.7. The van der Waals surface area contributed by atoms with Crippen molar-refractivity contribution in [2.45, 2.75) is 30.2 Å². The molecule has 0 unspecified atom stereocenters. The minimum absolute atomic E-state index is 0.350. The van der Waals surface area contributed by atoms with Crippen LogP contribution in [0.1, 0.15) is 19.8 Å². The molecule has 1 saturated heterocycles. The van der Waals surface area contributed by atoms with Crippen LogP contribution in [0.3, 0.4) is 0 Å². The zero-order chi connectivity index (χ0) is 15.0. The van der Waals surface area contributed by atoms with Crippen molar-refractivity contribution in [3.05, 3.63) is 29.6 Å². The number of benzene rings is 1. The first kappa shape index (κ1) is 15.3. The lowest BCUT2D eigenvalue weighted by atomic mass is 9.92. The van der Waals surface area contributed by atoms with Crippen LogP contribution in [0.15, 0.2) is 17.0 Å². The lowest BCUT2D eigenvalue weighted by Crippen LogP contribution is -2.52. The quantitative estimate of drug-likeness (QED) is 0.890. The first-order valence-electron chi connectivity index (χ1n) is 6.13. The molecule has 0 atom stereocenters. The highest BCUT2D eigenvalue weighted by Gasteiger charge is 2.35. The van der Waals surface area contributed by atoms with Crippen LogP contribution in [0.5, 0.6) is 0 Å². The Kier molecular flexibility index (Phi) is 4.08. The molecule has 1 fully saturated rings. The van der Waals surface area contributed by atoms with Gasteiger partial charge in [-0.05, 0) is 32.9 Å². The van der Waals surface area contributed by atoms with Gasteiger partial charge in [0.25, 0.3) is 0 Å². The summed E-state index contributed by atoms with van der Waals surface area (Å²) in [5.74, 6) is -4.04. The molecule has 2 N–H and O–H groups in total. The van der Waals surface area contributed by atoms with E-state index in [0.717, 1.165) is 0 Å². The summed E-state index contributed by atoms with van der Waals surface area (Å²) in [6.07, 6.45) is 0.993. The van der Waals surface area contributed by atoms with Gasteiger partial charge in [-0.25, -0.2) is 26.3 Å². The third-order valence-electron chi connectivity index (χ3n) is 3.32. The summed E-state index contributed by atoms with van der Waals surface area (Å²) >= 11 is 0. The van der Waals surface area contributed by atoms with Gasteiger partial charge in [0.05, 0.1) is 0 Å². The van der Waals surface area contributed by atoms with Crippen molar-refractivity contribution in [3.63, 3.8) is 0 Å². The lowest BCUT2D eigenvalue weighted by molar-refractivity contribution is 0.307. The Morgan fingerprint density at radius 2 is 1.65 bits per heavy atom. The van der Waals surface area contributed by atoms with Crippen LogP contribution in [0.25, 0.3) is 0 Å². The van der Waals surface area contributed by atoms with E-state index in [-0.39, 0.29) is 0 Å². The van der Waals surface area contributed by atoms with E-state index < -0.39 is 37.9 Å². The summed E-state index contributed by atoms with van der Waals surface area (Å²) in [6, 6.07) is 0.699. The van der Waals surface area contributed by atoms with E-state index in [0.29, 0.717) is 38.1 Å². The molecule has 0 saturated carbocycles. The van der Waals surface area contributed by atoms with Gasteiger partial charge >= 0.3 is 0 Å². The SMILES string of the molecule is CC1(NS(=O)(=O)c2c(F)cc(F)cc2F)CCNCC1. The second kappa shape index (κ2) is 5.34. The van der Waals surface area contributed by atoms with Crippen LogP contribution < -0.4 is 10.0 Å². The maximum absolute atomic E-state index is 13.6. The molecular weight excluding hydrogens is 293 g/mol. The fourth-order valence-corrected chi connectivity index (χ4v) is 3.83. The number of nitrogens with one attached hydrogen (secondary N) is 2. The highest BCUT2D eigenvalue weighted by molar-refractivity contribution is 7.89. The van der Waals surface area contributed by atoms with Gasteiger partial charge in [-0.1, -0.05) is 0 Å². The van der Waals surface area contributed by atoms with Crippen molar-refractivity contribution < 1.29 is 21.6 Å². The second-order valence-electron chi connectivity index (χ2n) is 5.11. The third kappa shape index (κ3) is 3.13. The van der Waals surface area contributed by atoms with Crippen LogP contribution in [-0.2, 0) is 10.0 Å². The van der Waals surface area contributed by atoms with Crippen LogP contribution in [0, 0.1) is 17.5 Å². The highest BCUT2D eigenvalue weighted by atomic mass is 32.2. The fraction of sp³-hybridized carbons (Fsp3) is 0.500. The van der Waals surface area contributed by atoms with Gasteiger partial charge in [-0.3, -0.25) is 0 Å². The van der Waals surface area contributed by atoms with Gasteiger partial charge < -0.3 is 5.32 Å². The average molecular weight is 308 g/mol. The van der Waals surface area contributed by atoms with E-state index in [1.165, 1.54) is 0 Å². The summed E-state index contributed by atoms with van der Waals surface area (Å²) in [7, 11) is -4.39. The number of halogens is 3. The molecule has 2 rings (SSSR count). The molecule has 1 aromatic carbocycles. The first-order chi connectivity index (χ1) is 9.23. The minimum Gasteiger partial charge on any atom is -0.317 e. The lowest BCUT2D eigenvalue weighted by Gasteiger charge is -2.34. The van der Waals surface area contributed by atoms with E-state index >= 15 is 0 Å². The predicted octanol–water partition coefficient (Wildman–Crippen LogP) is 1.52. The Bertz CT molecular complexity index is 590. The van der Waals surface area contributed by atoms with Crippen LogP contribution in [-0.4, -0.2) is 27.0 Å². The second-order valence-corrected chi connectivity index (χ2v) is 6.73. The van der Waals surface area contributed by atoms with Crippen molar-refractivity contribution >= 4 is 10.0 Å². The number of rotatable bonds is 3. The Balaban J connectivity index is 2.36. The molecule has 0 amide bonds. The fourth-order valence-electron chi connectivity index (χ4n) is 2.24. The van der Waals surface area contributed by atoms with E-state index in [1.54, 1.807) is 6.92 Å². The zero-order valence-electron chi connectivity index (χ0n) is 10.8. The van der Waals surface area contributed by atoms with Crippen LogP contribution in [0.2, 0.25) is 0 Å². The molecule has 0 bridgehead atoms. The standard InChI is InChI=1S/C12H15F3N2O2S/c1-12(2-4-16-5-3-12)17-20(18,19)11-9(14)6-8(13)7-10(11)15/h6-7,16-17H,2-5H2,1H3. The maximum atomic E-state index is 13.6. The topological polar surface area (TPSA) is 58.2 Å². The molecular formula is C12H15F3N2O2S. The molecule has 0 aliphatic carbocycles. The van der Waals surface area contributed by atoms with Crippen molar-refractivity contribution in [2.75, 3.05) is 13.1 Å².